The van der Waals surface area contributed by atoms with Crippen LogP contribution in [0.4, 0.5) is 5.13 Å². The van der Waals surface area contributed by atoms with E-state index in [1.807, 2.05) is 18.2 Å². The number of nitrogens with zero attached hydrogens (tertiary/aromatic N) is 3. The zero-order chi connectivity index (χ0) is 12.7. The lowest BCUT2D eigenvalue weighted by atomic mass is 10.0. The highest BCUT2D eigenvalue weighted by Crippen LogP contribution is 2.32. The molecular formula is C14H16N4S. The van der Waals surface area contributed by atoms with E-state index in [2.05, 4.69) is 26.7 Å². The molecule has 3 heterocycles. The van der Waals surface area contributed by atoms with E-state index >= 15 is 0 Å². The maximum absolute atomic E-state index is 4.70. The molecule has 19 heavy (non-hydrogen) atoms. The second-order valence-corrected chi connectivity index (χ2v) is 6.08. The van der Waals surface area contributed by atoms with Gasteiger partial charge in [-0.15, -0.1) is 0 Å². The summed E-state index contributed by atoms with van der Waals surface area (Å²) in [6.45, 7) is 4.57. The van der Waals surface area contributed by atoms with E-state index in [0.717, 1.165) is 54.5 Å². The van der Waals surface area contributed by atoms with Crippen molar-refractivity contribution in [2.45, 2.75) is 0 Å². The molecule has 98 valence electrons. The lowest BCUT2D eigenvalue weighted by Crippen LogP contribution is -2.25. The molecule has 0 radical (unpaired) electrons. The molecule has 5 heteroatoms. The van der Waals surface area contributed by atoms with Gasteiger partial charge in [0.2, 0.25) is 5.13 Å². The van der Waals surface area contributed by atoms with Gasteiger partial charge in [0.25, 0.3) is 0 Å². The van der Waals surface area contributed by atoms with Crippen molar-refractivity contribution in [3.05, 3.63) is 30.3 Å². The fraction of sp³-hybridized carbons (Fsp3) is 0.429. The monoisotopic (exact) mass is 272 g/mol. The van der Waals surface area contributed by atoms with Crippen molar-refractivity contribution in [1.82, 2.24) is 14.7 Å². The van der Waals surface area contributed by atoms with Crippen LogP contribution in [0, 0.1) is 11.8 Å². The first-order valence-corrected chi connectivity index (χ1v) is 7.52. The highest BCUT2D eigenvalue weighted by molar-refractivity contribution is 7.09. The molecule has 2 aliphatic heterocycles. The van der Waals surface area contributed by atoms with E-state index in [1.165, 1.54) is 11.5 Å². The number of benzene rings is 1. The van der Waals surface area contributed by atoms with E-state index in [0.29, 0.717) is 0 Å². The largest absolute Gasteiger partial charge is 0.346 e. The van der Waals surface area contributed by atoms with Crippen molar-refractivity contribution >= 4 is 16.7 Å². The predicted molar refractivity (Wildman–Crippen MR) is 77.4 cm³/mol. The Kier molecular flexibility index (Phi) is 2.74. The number of fused-ring (bicyclic) bond motifs is 1. The third kappa shape index (κ3) is 2.03. The number of hydrogen-bond donors (Lipinski definition) is 1. The fourth-order valence-corrected chi connectivity index (χ4v) is 3.77. The van der Waals surface area contributed by atoms with Crippen molar-refractivity contribution in [1.29, 1.82) is 0 Å². The van der Waals surface area contributed by atoms with Gasteiger partial charge in [0, 0.05) is 43.3 Å². The van der Waals surface area contributed by atoms with E-state index < -0.39 is 0 Å². The van der Waals surface area contributed by atoms with Crippen LogP contribution in [0.1, 0.15) is 0 Å². The van der Waals surface area contributed by atoms with E-state index in [4.69, 9.17) is 4.98 Å². The molecule has 0 aliphatic carbocycles. The zero-order valence-electron chi connectivity index (χ0n) is 10.6. The fourth-order valence-electron chi connectivity index (χ4n) is 3.06. The first kappa shape index (κ1) is 11.4. The van der Waals surface area contributed by atoms with Gasteiger partial charge in [-0.05, 0) is 11.8 Å². The van der Waals surface area contributed by atoms with Crippen LogP contribution in [0.15, 0.2) is 30.3 Å². The molecule has 2 saturated heterocycles. The quantitative estimate of drug-likeness (QED) is 0.906. The van der Waals surface area contributed by atoms with Gasteiger partial charge in [0.1, 0.15) is 0 Å². The molecule has 4 nitrogen and oxygen atoms in total. The molecule has 0 saturated carbocycles. The molecule has 2 unspecified atom stereocenters. The Labute approximate surface area is 116 Å². The third-order valence-corrected chi connectivity index (χ3v) is 4.88. The second kappa shape index (κ2) is 4.58. The van der Waals surface area contributed by atoms with Crippen LogP contribution in [-0.2, 0) is 0 Å². The van der Waals surface area contributed by atoms with Gasteiger partial charge in [0.05, 0.1) is 0 Å². The summed E-state index contributed by atoms with van der Waals surface area (Å²) in [7, 11) is 0. The van der Waals surface area contributed by atoms with Crippen LogP contribution in [0.5, 0.6) is 0 Å². The van der Waals surface area contributed by atoms with Gasteiger partial charge in [-0.1, -0.05) is 30.3 Å². The Balaban J connectivity index is 1.56. The minimum atomic E-state index is 0.795. The average molecular weight is 272 g/mol. The van der Waals surface area contributed by atoms with Crippen LogP contribution in [-0.4, -0.2) is 35.5 Å². The lowest BCUT2D eigenvalue weighted by Gasteiger charge is -2.14. The molecule has 4 rings (SSSR count). The van der Waals surface area contributed by atoms with Crippen LogP contribution >= 0.6 is 11.5 Å². The lowest BCUT2D eigenvalue weighted by molar-refractivity contribution is 0.533. The Bertz CT molecular complexity index is 556. The van der Waals surface area contributed by atoms with Crippen molar-refractivity contribution in [3.63, 3.8) is 0 Å². The third-order valence-electron chi connectivity index (χ3n) is 4.11. The Morgan fingerprint density at radius 1 is 1.11 bits per heavy atom. The van der Waals surface area contributed by atoms with Gasteiger partial charge in [-0.25, -0.2) is 0 Å². The molecule has 2 aliphatic rings. The van der Waals surface area contributed by atoms with Crippen LogP contribution in [0.2, 0.25) is 0 Å². The Hall–Kier alpha value is -1.46. The summed E-state index contributed by atoms with van der Waals surface area (Å²) in [6.07, 6.45) is 0. The van der Waals surface area contributed by atoms with Crippen molar-refractivity contribution < 1.29 is 0 Å². The van der Waals surface area contributed by atoms with Crippen molar-refractivity contribution in [2.24, 2.45) is 11.8 Å². The Morgan fingerprint density at radius 2 is 1.84 bits per heavy atom. The summed E-state index contributed by atoms with van der Waals surface area (Å²) in [5, 5.41) is 4.55. The maximum atomic E-state index is 4.70. The van der Waals surface area contributed by atoms with E-state index in [-0.39, 0.29) is 0 Å². The molecular weight excluding hydrogens is 256 g/mol. The predicted octanol–water partition coefficient (Wildman–Crippen LogP) is 1.86. The molecule has 2 atom stereocenters. The highest BCUT2D eigenvalue weighted by Gasteiger charge is 2.37. The van der Waals surface area contributed by atoms with Gasteiger partial charge < -0.3 is 10.2 Å². The maximum Gasteiger partial charge on any atom is 0.205 e. The summed E-state index contributed by atoms with van der Waals surface area (Å²) >= 11 is 1.52. The van der Waals surface area contributed by atoms with Gasteiger partial charge in [0.15, 0.2) is 5.82 Å². The Morgan fingerprint density at radius 3 is 2.58 bits per heavy atom. The highest BCUT2D eigenvalue weighted by atomic mass is 32.1. The van der Waals surface area contributed by atoms with Gasteiger partial charge >= 0.3 is 0 Å². The number of nitrogens with one attached hydrogen (secondary N) is 1. The SMILES string of the molecule is c1ccc(-c2nsc(N3CC4CNCC4C3)n2)cc1. The van der Waals surface area contributed by atoms with Gasteiger partial charge in [-0.3, -0.25) is 0 Å². The standard InChI is InChI=1S/C14H16N4S/c1-2-4-10(5-3-1)13-16-14(19-17-13)18-8-11-6-15-7-12(11)9-18/h1-5,11-12,15H,6-9H2. The second-order valence-electron chi connectivity index (χ2n) is 5.35. The van der Waals surface area contributed by atoms with E-state index in [1.54, 1.807) is 0 Å². The number of anilines is 1. The minimum Gasteiger partial charge on any atom is -0.346 e. The average Bonchev–Trinajstić information content (AvgIpc) is 3.14. The molecule has 0 spiro atoms. The van der Waals surface area contributed by atoms with Crippen molar-refractivity contribution in [3.8, 4) is 11.4 Å². The first-order valence-electron chi connectivity index (χ1n) is 6.75. The summed E-state index contributed by atoms with van der Waals surface area (Å²) in [4.78, 5) is 7.11. The molecule has 0 bridgehead atoms. The number of hydrogen-bond acceptors (Lipinski definition) is 5. The minimum absolute atomic E-state index is 0.795. The smallest absolute Gasteiger partial charge is 0.205 e. The molecule has 1 aromatic heterocycles. The number of aromatic nitrogens is 2. The van der Waals surface area contributed by atoms with Crippen LogP contribution in [0.3, 0.4) is 0 Å². The first-order chi connectivity index (χ1) is 9.40. The van der Waals surface area contributed by atoms with Crippen LogP contribution in [0.25, 0.3) is 11.4 Å². The molecule has 2 aromatic rings. The summed E-state index contributed by atoms with van der Waals surface area (Å²) in [5.74, 6) is 2.45. The molecule has 1 N–H and O–H groups in total. The van der Waals surface area contributed by atoms with Crippen LogP contribution < -0.4 is 10.2 Å². The zero-order valence-corrected chi connectivity index (χ0v) is 11.4. The summed E-state index contributed by atoms with van der Waals surface area (Å²) < 4.78 is 4.50. The van der Waals surface area contributed by atoms with Crippen molar-refractivity contribution in [2.75, 3.05) is 31.1 Å². The topological polar surface area (TPSA) is 41.1 Å². The summed E-state index contributed by atoms with van der Waals surface area (Å²) in [6, 6.07) is 10.2. The van der Waals surface area contributed by atoms with E-state index in [9.17, 15) is 0 Å². The van der Waals surface area contributed by atoms with Gasteiger partial charge in [-0.2, -0.15) is 9.36 Å². The number of rotatable bonds is 2. The molecule has 1 aromatic carbocycles. The molecule has 0 amide bonds. The normalized spacial score (nSPS) is 25.8. The molecule has 2 fully saturated rings. The summed E-state index contributed by atoms with van der Waals surface area (Å²) in [5.41, 5.74) is 1.10.